The second-order valence-electron chi connectivity index (χ2n) is 3.00. The minimum Gasteiger partial charge on any atom is -0.379 e. The van der Waals surface area contributed by atoms with E-state index in [2.05, 4.69) is 12.2 Å². The fourth-order valence-electron chi connectivity index (χ4n) is 0.858. The molecule has 0 atom stereocenters. The zero-order chi connectivity index (χ0) is 10.6. The number of nitrogens with one attached hydrogen (secondary N) is 1. The molecule has 4 heteroatoms. The first-order valence-corrected chi connectivity index (χ1v) is 5.17. The van der Waals surface area contributed by atoms with Gasteiger partial charge in [-0.05, 0) is 6.42 Å². The Bertz CT molecular complexity index is 139. The topological polar surface area (TPSA) is 47.6 Å². The maximum atomic E-state index is 10.8. The van der Waals surface area contributed by atoms with Gasteiger partial charge in [0.05, 0.1) is 19.8 Å². The number of amides is 1. The average molecular weight is 203 g/mol. The molecular formula is C10H21NO3. The van der Waals surface area contributed by atoms with Crippen molar-refractivity contribution in [3.05, 3.63) is 0 Å². The average Bonchev–Trinajstić information content (AvgIpc) is 2.21. The first-order chi connectivity index (χ1) is 6.81. The van der Waals surface area contributed by atoms with Crippen LogP contribution < -0.4 is 5.32 Å². The van der Waals surface area contributed by atoms with E-state index in [-0.39, 0.29) is 5.91 Å². The van der Waals surface area contributed by atoms with Crippen molar-refractivity contribution < 1.29 is 14.3 Å². The molecule has 0 aliphatic rings. The largest absolute Gasteiger partial charge is 0.379 e. The van der Waals surface area contributed by atoms with Gasteiger partial charge in [-0.1, -0.05) is 13.3 Å². The van der Waals surface area contributed by atoms with Crippen molar-refractivity contribution in [1.82, 2.24) is 5.32 Å². The van der Waals surface area contributed by atoms with Gasteiger partial charge in [0, 0.05) is 20.1 Å². The molecule has 0 saturated heterocycles. The lowest BCUT2D eigenvalue weighted by molar-refractivity contribution is -0.121. The Morgan fingerprint density at radius 1 is 1.14 bits per heavy atom. The highest BCUT2D eigenvalue weighted by Gasteiger charge is 1.96. The smallest absolute Gasteiger partial charge is 0.222 e. The Hall–Kier alpha value is -0.610. The molecule has 0 aromatic carbocycles. The van der Waals surface area contributed by atoms with Crippen LogP contribution in [-0.4, -0.2) is 39.4 Å². The van der Waals surface area contributed by atoms with Gasteiger partial charge in [-0.2, -0.15) is 0 Å². The van der Waals surface area contributed by atoms with E-state index in [4.69, 9.17) is 9.47 Å². The van der Waals surface area contributed by atoms with Crippen LogP contribution in [0.15, 0.2) is 0 Å². The summed E-state index contributed by atoms with van der Waals surface area (Å²) in [6.07, 6.45) is 2.67. The molecule has 84 valence electrons. The minimum absolute atomic E-state index is 0.0110. The van der Waals surface area contributed by atoms with Crippen LogP contribution in [0.3, 0.4) is 0 Å². The number of unbranched alkanes of at least 4 members (excludes halogenated alkanes) is 1. The summed E-state index contributed by atoms with van der Waals surface area (Å²) < 4.78 is 10.5. The van der Waals surface area contributed by atoms with Gasteiger partial charge in [-0.25, -0.2) is 0 Å². The van der Waals surface area contributed by atoms with E-state index in [0.717, 1.165) is 19.4 Å². The molecule has 0 rings (SSSR count). The summed E-state index contributed by atoms with van der Waals surface area (Å²) >= 11 is 0. The third-order valence-corrected chi connectivity index (χ3v) is 1.77. The molecule has 14 heavy (non-hydrogen) atoms. The summed E-state index contributed by atoms with van der Waals surface area (Å²) in [5, 5.41) is 2.53. The number of hydrogen-bond acceptors (Lipinski definition) is 3. The second kappa shape index (κ2) is 10.5. The molecule has 0 aromatic rings. The molecule has 0 bridgehead atoms. The van der Waals surface area contributed by atoms with Gasteiger partial charge in [0.2, 0.25) is 5.91 Å². The molecule has 1 N–H and O–H groups in total. The van der Waals surface area contributed by atoms with Gasteiger partial charge in [-0.3, -0.25) is 4.79 Å². The Labute approximate surface area is 86.0 Å². The molecule has 0 saturated carbocycles. The van der Waals surface area contributed by atoms with Crippen LogP contribution in [0, 0.1) is 0 Å². The molecule has 4 nitrogen and oxygen atoms in total. The third kappa shape index (κ3) is 9.48. The standard InChI is InChI=1S/C10H21NO3/c1-3-4-6-13-8-9-14-7-5-10(12)11-2/h3-9H2,1-2H3,(H,11,12). The maximum Gasteiger partial charge on any atom is 0.222 e. The van der Waals surface area contributed by atoms with Crippen LogP contribution in [0.25, 0.3) is 0 Å². The summed E-state index contributed by atoms with van der Waals surface area (Å²) in [6.45, 7) is 4.59. The molecule has 0 spiro atoms. The SMILES string of the molecule is CCCCOCCOCCC(=O)NC. The molecule has 0 heterocycles. The zero-order valence-corrected chi connectivity index (χ0v) is 9.17. The lowest BCUT2D eigenvalue weighted by Gasteiger charge is -2.04. The fourth-order valence-corrected chi connectivity index (χ4v) is 0.858. The molecule has 0 aromatic heterocycles. The first-order valence-electron chi connectivity index (χ1n) is 5.17. The molecular weight excluding hydrogens is 182 g/mol. The summed E-state index contributed by atoms with van der Waals surface area (Å²) in [6, 6.07) is 0. The van der Waals surface area contributed by atoms with Gasteiger partial charge in [0.25, 0.3) is 0 Å². The quantitative estimate of drug-likeness (QED) is 0.568. The molecule has 0 fully saturated rings. The van der Waals surface area contributed by atoms with Gasteiger partial charge in [0.15, 0.2) is 0 Å². The summed E-state index contributed by atoms with van der Waals surface area (Å²) in [7, 11) is 1.62. The van der Waals surface area contributed by atoms with Crippen LogP contribution in [0.1, 0.15) is 26.2 Å². The lowest BCUT2D eigenvalue weighted by Crippen LogP contribution is -2.19. The van der Waals surface area contributed by atoms with Crippen LogP contribution in [0.5, 0.6) is 0 Å². The van der Waals surface area contributed by atoms with Crippen molar-refractivity contribution in [2.24, 2.45) is 0 Å². The van der Waals surface area contributed by atoms with Crippen LogP contribution in [0.4, 0.5) is 0 Å². The van der Waals surface area contributed by atoms with E-state index in [1.807, 2.05) is 0 Å². The van der Waals surface area contributed by atoms with E-state index in [9.17, 15) is 4.79 Å². The van der Waals surface area contributed by atoms with Crippen molar-refractivity contribution in [2.45, 2.75) is 26.2 Å². The Morgan fingerprint density at radius 3 is 2.36 bits per heavy atom. The van der Waals surface area contributed by atoms with Crippen molar-refractivity contribution in [3.8, 4) is 0 Å². The second-order valence-corrected chi connectivity index (χ2v) is 3.00. The van der Waals surface area contributed by atoms with Crippen LogP contribution in [-0.2, 0) is 14.3 Å². The number of rotatable bonds is 9. The minimum atomic E-state index is 0.0110. The number of ether oxygens (including phenoxy) is 2. The van der Waals surface area contributed by atoms with E-state index >= 15 is 0 Å². The predicted octanol–water partition coefficient (Wildman–Crippen LogP) is 0.956. The number of carbonyl (C=O) groups excluding carboxylic acids is 1. The van der Waals surface area contributed by atoms with Crippen LogP contribution in [0.2, 0.25) is 0 Å². The molecule has 0 unspecified atom stereocenters. The highest BCUT2D eigenvalue weighted by atomic mass is 16.5. The Morgan fingerprint density at radius 2 is 1.79 bits per heavy atom. The van der Waals surface area contributed by atoms with E-state index in [1.54, 1.807) is 7.05 Å². The van der Waals surface area contributed by atoms with Gasteiger partial charge < -0.3 is 14.8 Å². The normalized spacial score (nSPS) is 10.1. The third-order valence-electron chi connectivity index (χ3n) is 1.77. The summed E-state index contributed by atoms with van der Waals surface area (Å²) in [4.78, 5) is 10.8. The summed E-state index contributed by atoms with van der Waals surface area (Å²) in [5.74, 6) is 0.0110. The highest BCUT2D eigenvalue weighted by molar-refractivity contribution is 5.75. The first kappa shape index (κ1) is 13.4. The van der Waals surface area contributed by atoms with Gasteiger partial charge >= 0.3 is 0 Å². The van der Waals surface area contributed by atoms with E-state index in [0.29, 0.717) is 26.2 Å². The van der Waals surface area contributed by atoms with E-state index in [1.165, 1.54) is 0 Å². The molecule has 0 aliphatic heterocycles. The molecule has 0 radical (unpaired) electrons. The Balaban J connectivity index is 2.95. The van der Waals surface area contributed by atoms with Crippen LogP contribution >= 0.6 is 0 Å². The van der Waals surface area contributed by atoms with Crippen molar-refractivity contribution >= 4 is 5.91 Å². The monoisotopic (exact) mass is 203 g/mol. The van der Waals surface area contributed by atoms with E-state index < -0.39 is 0 Å². The summed E-state index contributed by atoms with van der Waals surface area (Å²) in [5.41, 5.74) is 0. The highest BCUT2D eigenvalue weighted by Crippen LogP contribution is 1.88. The van der Waals surface area contributed by atoms with Crippen molar-refractivity contribution in [2.75, 3.05) is 33.5 Å². The van der Waals surface area contributed by atoms with Gasteiger partial charge in [-0.15, -0.1) is 0 Å². The number of hydrogen-bond donors (Lipinski definition) is 1. The fraction of sp³-hybridized carbons (Fsp3) is 0.900. The van der Waals surface area contributed by atoms with Crippen molar-refractivity contribution in [3.63, 3.8) is 0 Å². The predicted molar refractivity (Wildman–Crippen MR) is 55.2 cm³/mol. The number of carbonyl (C=O) groups is 1. The molecule has 1 amide bonds. The molecule has 0 aliphatic carbocycles. The lowest BCUT2D eigenvalue weighted by atomic mass is 10.4. The maximum absolute atomic E-state index is 10.8. The zero-order valence-electron chi connectivity index (χ0n) is 9.17. The Kier molecular flexibility index (Phi) is 10.0. The van der Waals surface area contributed by atoms with Crippen molar-refractivity contribution in [1.29, 1.82) is 0 Å². The van der Waals surface area contributed by atoms with Gasteiger partial charge in [0.1, 0.15) is 0 Å².